The number of anilines is 2. The summed E-state index contributed by atoms with van der Waals surface area (Å²) in [4.78, 5) is 0. The number of fused-ring (bicyclic) bond motifs is 5. The highest BCUT2D eigenvalue weighted by atomic mass is 16.3. The van der Waals surface area contributed by atoms with Crippen LogP contribution in [0, 0.1) is 0 Å². The number of benzene rings is 5. The van der Waals surface area contributed by atoms with Crippen molar-refractivity contribution in [3.63, 3.8) is 0 Å². The Bertz CT molecular complexity index is 1510. The lowest BCUT2D eigenvalue weighted by Gasteiger charge is -2.09. The minimum atomic E-state index is 0.883. The molecule has 1 heterocycles. The summed E-state index contributed by atoms with van der Waals surface area (Å²) >= 11 is 0. The standard InChI is InChI=1S/C28H19NO/c1-2-8-19(9-3-1)21-11-6-12-22(18-21)29-25-15-7-14-24-27-23-13-5-4-10-20(23)16-17-26(27)30-28(24)25/h1-18,29H. The van der Waals surface area contributed by atoms with Crippen LogP contribution in [-0.4, -0.2) is 0 Å². The fraction of sp³-hybridized carbons (Fsp3) is 0. The van der Waals surface area contributed by atoms with E-state index in [1.54, 1.807) is 0 Å². The summed E-state index contributed by atoms with van der Waals surface area (Å²) in [6.07, 6.45) is 0. The molecular weight excluding hydrogens is 366 g/mol. The summed E-state index contributed by atoms with van der Waals surface area (Å²) in [5, 5.41) is 8.32. The monoisotopic (exact) mass is 385 g/mol. The maximum Gasteiger partial charge on any atom is 0.158 e. The highest BCUT2D eigenvalue weighted by molar-refractivity contribution is 6.20. The maximum atomic E-state index is 6.32. The van der Waals surface area contributed by atoms with E-state index < -0.39 is 0 Å². The van der Waals surface area contributed by atoms with Gasteiger partial charge in [0.1, 0.15) is 5.58 Å². The van der Waals surface area contributed by atoms with Gasteiger partial charge < -0.3 is 9.73 Å². The molecule has 0 amide bonds. The van der Waals surface area contributed by atoms with Gasteiger partial charge in [-0.25, -0.2) is 0 Å². The summed E-state index contributed by atoms with van der Waals surface area (Å²) < 4.78 is 6.32. The molecular formula is C28H19NO. The fourth-order valence-corrected chi connectivity index (χ4v) is 4.23. The number of para-hydroxylation sites is 1. The van der Waals surface area contributed by atoms with Gasteiger partial charge in [0.15, 0.2) is 5.58 Å². The second kappa shape index (κ2) is 6.78. The predicted molar refractivity (Wildman–Crippen MR) is 126 cm³/mol. The molecule has 0 aliphatic heterocycles. The summed E-state index contributed by atoms with van der Waals surface area (Å²) in [5.41, 5.74) is 6.19. The highest BCUT2D eigenvalue weighted by Crippen LogP contribution is 2.38. The van der Waals surface area contributed by atoms with E-state index in [2.05, 4.69) is 108 Å². The van der Waals surface area contributed by atoms with Gasteiger partial charge >= 0.3 is 0 Å². The molecule has 5 aromatic carbocycles. The van der Waals surface area contributed by atoms with E-state index in [9.17, 15) is 0 Å². The molecule has 6 aromatic rings. The van der Waals surface area contributed by atoms with Crippen LogP contribution in [0.15, 0.2) is 114 Å². The van der Waals surface area contributed by atoms with E-state index in [1.165, 1.54) is 27.3 Å². The first kappa shape index (κ1) is 16.9. The van der Waals surface area contributed by atoms with E-state index >= 15 is 0 Å². The first-order valence-electron chi connectivity index (χ1n) is 10.1. The highest BCUT2D eigenvalue weighted by Gasteiger charge is 2.13. The first-order valence-corrected chi connectivity index (χ1v) is 10.1. The summed E-state index contributed by atoms with van der Waals surface area (Å²) in [7, 11) is 0. The third kappa shape index (κ3) is 2.73. The zero-order valence-corrected chi connectivity index (χ0v) is 16.3. The molecule has 0 unspecified atom stereocenters. The SMILES string of the molecule is c1ccc(-c2cccc(Nc3cccc4c3oc3ccc5ccccc5c34)c2)cc1. The van der Waals surface area contributed by atoms with Crippen LogP contribution in [0.1, 0.15) is 0 Å². The zero-order chi connectivity index (χ0) is 19.9. The van der Waals surface area contributed by atoms with E-state index in [4.69, 9.17) is 4.42 Å². The van der Waals surface area contributed by atoms with Crippen LogP contribution in [0.3, 0.4) is 0 Å². The average Bonchev–Trinajstić information content (AvgIpc) is 3.20. The first-order chi connectivity index (χ1) is 14.9. The van der Waals surface area contributed by atoms with Crippen molar-refractivity contribution in [2.75, 3.05) is 5.32 Å². The van der Waals surface area contributed by atoms with Gasteiger partial charge in [-0.15, -0.1) is 0 Å². The summed E-state index contributed by atoms with van der Waals surface area (Å²) in [6.45, 7) is 0. The third-order valence-corrected chi connectivity index (χ3v) is 5.64. The van der Waals surface area contributed by atoms with Gasteiger partial charge in [0.2, 0.25) is 0 Å². The van der Waals surface area contributed by atoms with Crippen molar-refractivity contribution in [2.45, 2.75) is 0 Å². The predicted octanol–water partition coefficient (Wildman–Crippen LogP) is 8.15. The smallest absolute Gasteiger partial charge is 0.158 e. The van der Waals surface area contributed by atoms with Gasteiger partial charge in [0.25, 0.3) is 0 Å². The van der Waals surface area contributed by atoms with Crippen LogP contribution in [0.4, 0.5) is 11.4 Å². The Kier molecular flexibility index (Phi) is 3.82. The van der Waals surface area contributed by atoms with Crippen molar-refractivity contribution in [3.05, 3.63) is 109 Å². The maximum absolute atomic E-state index is 6.32. The average molecular weight is 385 g/mol. The van der Waals surface area contributed by atoms with Crippen molar-refractivity contribution < 1.29 is 4.42 Å². The number of rotatable bonds is 3. The number of nitrogens with one attached hydrogen (secondary N) is 1. The van der Waals surface area contributed by atoms with E-state index in [0.717, 1.165) is 27.9 Å². The second-order valence-electron chi connectivity index (χ2n) is 7.52. The molecule has 30 heavy (non-hydrogen) atoms. The summed E-state index contributed by atoms with van der Waals surface area (Å²) in [6, 6.07) is 37.8. The molecule has 0 aliphatic carbocycles. The van der Waals surface area contributed by atoms with Gasteiger partial charge in [-0.1, -0.05) is 84.9 Å². The van der Waals surface area contributed by atoms with Crippen molar-refractivity contribution in [1.29, 1.82) is 0 Å². The Hall–Kier alpha value is -4.04. The van der Waals surface area contributed by atoms with Crippen LogP contribution in [-0.2, 0) is 0 Å². The van der Waals surface area contributed by atoms with E-state index in [0.29, 0.717) is 0 Å². The van der Waals surface area contributed by atoms with E-state index in [1.807, 2.05) is 6.07 Å². The van der Waals surface area contributed by atoms with Gasteiger partial charge in [-0.3, -0.25) is 0 Å². The second-order valence-corrected chi connectivity index (χ2v) is 7.52. The molecule has 0 atom stereocenters. The Labute approximate surface area is 174 Å². The molecule has 142 valence electrons. The molecule has 0 aliphatic rings. The molecule has 0 saturated carbocycles. The largest absolute Gasteiger partial charge is 0.454 e. The quantitative estimate of drug-likeness (QED) is 0.332. The number of furan rings is 1. The van der Waals surface area contributed by atoms with E-state index in [-0.39, 0.29) is 0 Å². The lowest BCUT2D eigenvalue weighted by atomic mass is 10.0. The topological polar surface area (TPSA) is 25.2 Å². The molecule has 0 bridgehead atoms. The van der Waals surface area contributed by atoms with Crippen LogP contribution in [0.5, 0.6) is 0 Å². The molecule has 0 radical (unpaired) electrons. The Morgan fingerprint density at radius 1 is 0.567 bits per heavy atom. The number of hydrogen-bond acceptors (Lipinski definition) is 2. The summed E-state index contributed by atoms with van der Waals surface area (Å²) in [5.74, 6) is 0. The van der Waals surface area contributed by atoms with Crippen molar-refractivity contribution in [1.82, 2.24) is 0 Å². The van der Waals surface area contributed by atoms with Crippen molar-refractivity contribution in [2.24, 2.45) is 0 Å². The molecule has 1 N–H and O–H groups in total. The molecule has 1 aromatic heterocycles. The van der Waals surface area contributed by atoms with Crippen molar-refractivity contribution >= 4 is 44.1 Å². The Balaban J connectivity index is 1.49. The van der Waals surface area contributed by atoms with Gasteiger partial charge in [-0.2, -0.15) is 0 Å². The van der Waals surface area contributed by atoms with Gasteiger partial charge in [-0.05, 0) is 46.2 Å². The normalized spacial score (nSPS) is 11.3. The molecule has 6 rings (SSSR count). The molecule has 2 heteroatoms. The van der Waals surface area contributed by atoms with Crippen molar-refractivity contribution in [3.8, 4) is 11.1 Å². The third-order valence-electron chi connectivity index (χ3n) is 5.64. The Morgan fingerprint density at radius 2 is 1.33 bits per heavy atom. The van der Waals surface area contributed by atoms with Crippen LogP contribution in [0.25, 0.3) is 43.8 Å². The molecule has 2 nitrogen and oxygen atoms in total. The number of hydrogen-bond donors (Lipinski definition) is 1. The Morgan fingerprint density at radius 3 is 2.27 bits per heavy atom. The van der Waals surface area contributed by atoms with Crippen LogP contribution in [0.2, 0.25) is 0 Å². The zero-order valence-electron chi connectivity index (χ0n) is 16.3. The van der Waals surface area contributed by atoms with Gasteiger partial charge in [0, 0.05) is 16.5 Å². The minimum absolute atomic E-state index is 0.883. The lowest BCUT2D eigenvalue weighted by molar-refractivity contribution is 0.670. The van der Waals surface area contributed by atoms with Crippen LogP contribution >= 0.6 is 0 Å². The molecule has 0 fully saturated rings. The fourth-order valence-electron chi connectivity index (χ4n) is 4.23. The molecule has 0 spiro atoms. The van der Waals surface area contributed by atoms with Gasteiger partial charge in [0.05, 0.1) is 5.69 Å². The lowest BCUT2D eigenvalue weighted by Crippen LogP contribution is -1.91. The minimum Gasteiger partial charge on any atom is -0.454 e. The van der Waals surface area contributed by atoms with Crippen LogP contribution < -0.4 is 5.32 Å². The molecule has 0 saturated heterocycles.